The maximum absolute atomic E-state index is 5.84. The highest BCUT2D eigenvalue weighted by molar-refractivity contribution is 4.85. The van der Waals surface area contributed by atoms with E-state index >= 15 is 0 Å². The molecule has 1 aliphatic heterocycles. The first-order valence-corrected chi connectivity index (χ1v) is 6.68. The zero-order valence-corrected chi connectivity index (χ0v) is 10.7. The maximum atomic E-state index is 5.84. The minimum atomic E-state index is 0.666. The lowest BCUT2D eigenvalue weighted by Gasteiger charge is -2.33. The van der Waals surface area contributed by atoms with Gasteiger partial charge in [-0.05, 0) is 38.1 Å². The van der Waals surface area contributed by atoms with Crippen molar-refractivity contribution in [1.29, 1.82) is 0 Å². The van der Waals surface area contributed by atoms with Crippen LogP contribution < -0.4 is 5.73 Å². The minimum Gasteiger partial charge on any atom is -0.329 e. The highest BCUT2D eigenvalue weighted by atomic mass is 15.2. The van der Waals surface area contributed by atoms with E-state index in [0.29, 0.717) is 6.04 Å². The Morgan fingerprint density at radius 1 is 1.33 bits per heavy atom. The van der Waals surface area contributed by atoms with E-state index in [9.17, 15) is 0 Å². The Bertz CT molecular complexity index is 170. The smallest absolute Gasteiger partial charge is 0.0221 e. The van der Waals surface area contributed by atoms with Gasteiger partial charge in [-0.2, -0.15) is 0 Å². The van der Waals surface area contributed by atoms with Gasteiger partial charge in [0.05, 0.1) is 0 Å². The number of hydrogen-bond donors (Lipinski definition) is 1. The molecule has 1 aliphatic rings. The Kier molecular flexibility index (Phi) is 5.62. The third-order valence-electron chi connectivity index (χ3n) is 4.01. The lowest BCUT2D eigenvalue weighted by molar-refractivity contribution is 0.153. The van der Waals surface area contributed by atoms with Crippen molar-refractivity contribution in [3.63, 3.8) is 0 Å². The van der Waals surface area contributed by atoms with Gasteiger partial charge in [-0.3, -0.25) is 4.90 Å². The highest BCUT2D eigenvalue weighted by Crippen LogP contribution is 2.25. The van der Waals surface area contributed by atoms with E-state index in [-0.39, 0.29) is 0 Å². The summed E-state index contributed by atoms with van der Waals surface area (Å²) in [6, 6.07) is 1.44. The third kappa shape index (κ3) is 3.46. The molecular formula is C13H28N2. The Hall–Kier alpha value is -0.0800. The molecule has 1 heterocycles. The van der Waals surface area contributed by atoms with Gasteiger partial charge in [0.2, 0.25) is 0 Å². The van der Waals surface area contributed by atoms with Gasteiger partial charge in [-0.25, -0.2) is 0 Å². The van der Waals surface area contributed by atoms with E-state index in [1.807, 2.05) is 0 Å². The van der Waals surface area contributed by atoms with Gasteiger partial charge >= 0.3 is 0 Å². The van der Waals surface area contributed by atoms with Crippen LogP contribution in [0.15, 0.2) is 0 Å². The summed E-state index contributed by atoms with van der Waals surface area (Å²) in [5.74, 6) is 0.856. The van der Waals surface area contributed by atoms with Crippen molar-refractivity contribution in [2.24, 2.45) is 11.7 Å². The number of nitrogens with zero attached hydrogens (tertiary/aromatic N) is 1. The van der Waals surface area contributed by atoms with Gasteiger partial charge in [0.1, 0.15) is 0 Å². The summed E-state index contributed by atoms with van der Waals surface area (Å²) >= 11 is 0. The van der Waals surface area contributed by atoms with Crippen LogP contribution in [0.3, 0.4) is 0 Å². The number of rotatable bonds is 6. The van der Waals surface area contributed by atoms with Crippen LogP contribution in [-0.2, 0) is 0 Å². The SMILES string of the molecule is CCC(C)CC(CC)N1CCCC1CN. The summed E-state index contributed by atoms with van der Waals surface area (Å²) in [5.41, 5.74) is 5.84. The molecule has 15 heavy (non-hydrogen) atoms. The van der Waals surface area contributed by atoms with Crippen LogP contribution in [0.4, 0.5) is 0 Å². The van der Waals surface area contributed by atoms with Crippen molar-refractivity contribution in [2.75, 3.05) is 13.1 Å². The molecule has 0 radical (unpaired) electrons. The first-order valence-electron chi connectivity index (χ1n) is 6.68. The van der Waals surface area contributed by atoms with Crippen molar-refractivity contribution < 1.29 is 0 Å². The topological polar surface area (TPSA) is 29.3 Å². The molecule has 2 N–H and O–H groups in total. The Balaban J connectivity index is 2.49. The molecule has 2 heteroatoms. The third-order valence-corrected chi connectivity index (χ3v) is 4.01. The molecule has 0 bridgehead atoms. The fraction of sp³-hybridized carbons (Fsp3) is 1.00. The van der Waals surface area contributed by atoms with E-state index in [1.54, 1.807) is 0 Å². The molecule has 0 aromatic heterocycles. The Morgan fingerprint density at radius 2 is 2.07 bits per heavy atom. The first-order chi connectivity index (χ1) is 7.22. The highest BCUT2D eigenvalue weighted by Gasteiger charge is 2.29. The van der Waals surface area contributed by atoms with E-state index in [2.05, 4.69) is 25.7 Å². The summed E-state index contributed by atoms with van der Waals surface area (Å²) < 4.78 is 0. The Labute approximate surface area is 95.2 Å². The molecule has 0 aromatic carbocycles. The number of hydrogen-bond acceptors (Lipinski definition) is 2. The van der Waals surface area contributed by atoms with Crippen molar-refractivity contribution in [1.82, 2.24) is 4.90 Å². The molecule has 1 rings (SSSR count). The van der Waals surface area contributed by atoms with Crippen molar-refractivity contribution in [3.05, 3.63) is 0 Å². The van der Waals surface area contributed by atoms with E-state index in [0.717, 1.165) is 18.5 Å². The van der Waals surface area contributed by atoms with Crippen molar-refractivity contribution in [2.45, 2.75) is 65.0 Å². The van der Waals surface area contributed by atoms with Crippen LogP contribution in [0.1, 0.15) is 52.9 Å². The fourth-order valence-corrected chi connectivity index (χ4v) is 2.76. The molecule has 90 valence electrons. The molecule has 1 fully saturated rings. The average molecular weight is 212 g/mol. The van der Waals surface area contributed by atoms with E-state index in [1.165, 1.54) is 38.6 Å². The second-order valence-electron chi connectivity index (χ2n) is 5.08. The second-order valence-corrected chi connectivity index (χ2v) is 5.08. The zero-order valence-electron chi connectivity index (χ0n) is 10.7. The summed E-state index contributed by atoms with van der Waals surface area (Å²) in [5, 5.41) is 0. The number of likely N-dealkylation sites (tertiary alicyclic amines) is 1. The van der Waals surface area contributed by atoms with Crippen molar-refractivity contribution >= 4 is 0 Å². The van der Waals surface area contributed by atoms with Crippen LogP contribution in [0.5, 0.6) is 0 Å². The monoisotopic (exact) mass is 212 g/mol. The van der Waals surface area contributed by atoms with Crippen LogP contribution in [0, 0.1) is 5.92 Å². The van der Waals surface area contributed by atoms with Gasteiger partial charge in [0, 0.05) is 18.6 Å². The van der Waals surface area contributed by atoms with Crippen molar-refractivity contribution in [3.8, 4) is 0 Å². The lowest BCUT2D eigenvalue weighted by Crippen LogP contribution is -2.43. The standard InChI is InChI=1S/C13H28N2/c1-4-11(3)9-12(5-2)15-8-6-7-13(15)10-14/h11-13H,4-10,14H2,1-3H3. The predicted molar refractivity (Wildman–Crippen MR) is 66.9 cm³/mol. The van der Waals surface area contributed by atoms with Gasteiger partial charge in [-0.15, -0.1) is 0 Å². The summed E-state index contributed by atoms with van der Waals surface area (Å²) in [7, 11) is 0. The predicted octanol–water partition coefficient (Wildman–Crippen LogP) is 2.62. The molecule has 1 saturated heterocycles. The van der Waals surface area contributed by atoms with E-state index < -0.39 is 0 Å². The summed E-state index contributed by atoms with van der Waals surface area (Å²) in [6.45, 7) is 9.10. The molecule has 0 spiro atoms. The molecule has 0 aliphatic carbocycles. The molecule has 2 nitrogen and oxygen atoms in total. The molecule has 3 unspecified atom stereocenters. The molecule has 0 aromatic rings. The molecule has 3 atom stereocenters. The zero-order chi connectivity index (χ0) is 11.3. The van der Waals surface area contributed by atoms with Gasteiger partial charge < -0.3 is 5.73 Å². The summed E-state index contributed by atoms with van der Waals surface area (Å²) in [6.07, 6.45) is 6.59. The van der Waals surface area contributed by atoms with Gasteiger partial charge in [0.15, 0.2) is 0 Å². The second kappa shape index (κ2) is 6.49. The van der Waals surface area contributed by atoms with Crippen LogP contribution in [-0.4, -0.2) is 30.1 Å². The normalized spacial score (nSPS) is 26.8. The Morgan fingerprint density at radius 3 is 2.60 bits per heavy atom. The van der Waals surface area contributed by atoms with Crippen LogP contribution in [0.2, 0.25) is 0 Å². The minimum absolute atomic E-state index is 0.666. The average Bonchev–Trinajstić information content (AvgIpc) is 2.73. The van der Waals surface area contributed by atoms with E-state index in [4.69, 9.17) is 5.73 Å². The first kappa shape index (κ1) is 13.0. The fourth-order valence-electron chi connectivity index (χ4n) is 2.76. The lowest BCUT2D eigenvalue weighted by atomic mass is 9.96. The van der Waals surface area contributed by atoms with Gasteiger partial charge in [0.25, 0.3) is 0 Å². The molecule has 0 amide bonds. The van der Waals surface area contributed by atoms with Crippen LogP contribution >= 0.6 is 0 Å². The molecule has 0 saturated carbocycles. The molecular weight excluding hydrogens is 184 g/mol. The maximum Gasteiger partial charge on any atom is 0.0221 e. The summed E-state index contributed by atoms with van der Waals surface area (Å²) in [4.78, 5) is 2.67. The van der Waals surface area contributed by atoms with Crippen LogP contribution in [0.25, 0.3) is 0 Å². The largest absolute Gasteiger partial charge is 0.329 e. The quantitative estimate of drug-likeness (QED) is 0.733. The number of nitrogens with two attached hydrogens (primary N) is 1. The van der Waals surface area contributed by atoms with Gasteiger partial charge in [-0.1, -0.05) is 27.2 Å².